The number of nitrogens with zero attached hydrogens (tertiary/aromatic N) is 3. The lowest BCUT2D eigenvalue weighted by Crippen LogP contribution is -3.00. The summed E-state index contributed by atoms with van der Waals surface area (Å²) in [5.74, 6) is -4.78. The van der Waals surface area contributed by atoms with Gasteiger partial charge in [-0.3, -0.25) is 43.2 Å². The summed E-state index contributed by atoms with van der Waals surface area (Å²) in [4.78, 5) is 132. The van der Waals surface area contributed by atoms with Crippen LogP contribution >= 0.6 is 23.2 Å². The van der Waals surface area contributed by atoms with E-state index in [4.69, 9.17) is 70.6 Å². The second-order valence-electron chi connectivity index (χ2n) is 36.9. The Morgan fingerprint density at radius 1 is 0.271 bits per heavy atom. The van der Waals surface area contributed by atoms with Gasteiger partial charge in [0.1, 0.15) is 69.1 Å². The van der Waals surface area contributed by atoms with Crippen LogP contribution in [0.25, 0.3) is 0 Å². The fraction of sp³-hybridized carbons (Fsp3) is 0.890. The Hall–Kier alpha value is -4.95. The minimum atomic E-state index is -0.764. The van der Waals surface area contributed by atoms with Crippen LogP contribution in [0.3, 0.4) is 0 Å². The molecule has 0 aliphatic rings. The summed E-state index contributed by atoms with van der Waals surface area (Å²) in [6, 6.07) is 0. The van der Waals surface area contributed by atoms with E-state index in [-0.39, 0.29) is 125 Å². The number of quaternary nitrogens is 2. The summed E-state index contributed by atoms with van der Waals surface area (Å²) in [6.07, 6.45) is 43.1. The largest absolute Gasteiger partial charge is 1.00 e. The molecule has 0 spiro atoms. The van der Waals surface area contributed by atoms with Gasteiger partial charge in [0, 0.05) is 53.0 Å². The molecule has 8 unspecified atom stereocenters. The summed E-state index contributed by atoms with van der Waals surface area (Å²) in [7, 11) is 11.4. The van der Waals surface area contributed by atoms with Crippen molar-refractivity contribution in [3.63, 3.8) is 0 Å². The molecule has 0 aliphatic heterocycles. The number of hydrogen-bond acceptors (Lipinski definition) is 27. The van der Waals surface area contributed by atoms with Crippen LogP contribution in [0.1, 0.15) is 408 Å². The van der Waals surface area contributed by atoms with Crippen molar-refractivity contribution in [1.29, 1.82) is 0 Å². The van der Waals surface area contributed by atoms with Crippen molar-refractivity contribution in [2.45, 2.75) is 457 Å². The number of carbonyl (C=O) groups excluding carboxylic acids is 11. The van der Waals surface area contributed by atoms with Crippen molar-refractivity contribution < 1.29 is 159 Å². The first-order valence-corrected chi connectivity index (χ1v) is 51.6. The molecule has 0 fully saturated rings. The van der Waals surface area contributed by atoms with Crippen LogP contribution in [0.2, 0.25) is 0 Å². The zero-order valence-electron chi connectivity index (χ0n) is 84.8. The molecule has 786 valence electrons. The number of rotatable bonds is 87. The van der Waals surface area contributed by atoms with Crippen LogP contribution in [0.15, 0.2) is 0 Å². The maximum absolute atomic E-state index is 12.9. The van der Waals surface area contributed by atoms with Gasteiger partial charge in [0.15, 0.2) is 13.1 Å². The van der Waals surface area contributed by atoms with Gasteiger partial charge in [-0.2, -0.15) is 0 Å². The number of unbranched alkanes of at least 4 members (excludes halogenated alkanes) is 36. The topological polar surface area (TPSA) is 373 Å². The van der Waals surface area contributed by atoms with Gasteiger partial charge in [-0.15, -0.1) is 23.2 Å². The fourth-order valence-electron chi connectivity index (χ4n) is 14.7. The van der Waals surface area contributed by atoms with Crippen LogP contribution in [-0.4, -0.2) is 269 Å². The van der Waals surface area contributed by atoms with Crippen LogP contribution in [0, 0.1) is 0 Å². The predicted molar refractivity (Wildman–Crippen MR) is 512 cm³/mol. The lowest BCUT2D eigenvalue weighted by atomic mass is 9.99. The van der Waals surface area contributed by atoms with E-state index in [1.165, 1.54) is 97.8 Å². The zero-order chi connectivity index (χ0) is 98.4. The molecule has 0 bridgehead atoms. The van der Waals surface area contributed by atoms with Gasteiger partial charge in [0.05, 0.1) is 52.6 Å². The molecule has 0 saturated carbocycles. The SMILES string of the molecule is CC(=O)OCCN(C)C.CCCCCCCCC(OC(=O)CCl)C(O)CCCCCCCC(=O)OCOC(=O)CCCCCCCC(O)C(CCCCCCCC)OC(=O)CCl.CCCCCCCCC(OC(=O)C[N+](C)(C)CCOC(C)=O)C(O)CCCCCCCC(=O)OCOC(=O)CCCCCCCC(O)C(CCCCCCCC)OC(=O)C[N+](C)(C)CCOC(C)=O.[Cl-].[Cl-]. The summed E-state index contributed by atoms with van der Waals surface area (Å²) >= 11 is 11.2. The van der Waals surface area contributed by atoms with Gasteiger partial charge >= 0.3 is 65.7 Å². The van der Waals surface area contributed by atoms with Crippen molar-refractivity contribution in [2.24, 2.45) is 0 Å². The lowest BCUT2D eigenvalue weighted by molar-refractivity contribution is -0.883. The van der Waals surface area contributed by atoms with Crippen molar-refractivity contribution in [2.75, 3.05) is 120 Å². The first kappa shape index (κ1) is 137. The molecule has 0 amide bonds. The Labute approximate surface area is 825 Å². The molecule has 0 aromatic rings. The number of ether oxygens (including phenoxy) is 11. The van der Waals surface area contributed by atoms with E-state index in [0.29, 0.717) is 106 Å². The number of likely N-dealkylation sites (N-methyl/N-ethyl adjacent to an activating group) is 3. The standard InChI is InChI=1S/C53H100N2O14.C41H74Cl2O10.C6H13NO2.2ClH/c1-9-11-13-15-21-27-33-48(68-52(62)41-54(5,6)37-39-64-44(3)56)46(58)31-25-19-17-23-29-35-50(60)66-43-67-51(61)36-30-24-18-20-26-32-47(59)49(34-28-22-16-14-12-10-2)69-53(63)42-55(7,8)38-40-65-45(4)57;1-3-5-7-9-15-21-27-36(52-40(48)31-42)34(44)25-19-13-11-17-23-29-38(46)50-33-51-39(47)30-24-18-12-14-20-26-35(45)37(53-41(49)32-43)28-22-16-10-8-6-4-2;1-6(8)9-5-4-7(2)3;;/h46-49,58-59H,9-43H2,1-8H3;34-37,44-45H,3-33H2,1-2H3;4-5H2,1-3H3;2*1H/q+2;;;;/p-2. The highest BCUT2D eigenvalue weighted by Gasteiger charge is 2.31. The molecule has 0 rings (SSSR count). The van der Waals surface area contributed by atoms with Crippen molar-refractivity contribution in [3.8, 4) is 0 Å². The Kier molecular flexibility index (Phi) is 97.1. The Morgan fingerprint density at radius 3 is 0.677 bits per heavy atom. The third-order valence-corrected chi connectivity index (χ3v) is 23.2. The Balaban J connectivity index is -0.000000758. The molecule has 133 heavy (non-hydrogen) atoms. The van der Waals surface area contributed by atoms with E-state index in [1.54, 1.807) is 0 Å². The van der Waals surface area contributed by atoms with E-state index >= 15 is 0 Å². The molecule has 0 saturated heterocycles. The lowest BCUT2D eigenvalue weighted by Gasteiger charge is -2.30. The molecule has 29 nitrogen and oxygen atoms in total. The molecule has 33 heteroatoms. The summed E-state index contributed by atoms with van der Waals surface area (Å²) in [5, 5.41) is 43.4. The van der Waals surface area contributed by atoms with Gasteiger partial charge in [-0.1, -0.05) is 259 Å². The van der Waals surface area contributed by atoms with Crippen LogP contribution in [-0.2, 0) is 105 Å². The minimum absolute atomic E-state index is 0. The number of carbonyl (C=O) groups is 11. The molecule has 0 heterocycles. The molecule has 8 atom stereocenters. The maximum Gasteiger partial charge on any atom is 0.362 e. The molecule has 0 radical (unpaired) electrons. The van der Waals surface area contributed by atoms with E-state index in [0.717, 1.165) is 186 Å². The van der Waals surface area contributed by atoms with Gasteiger partial charge in [0.25, 0.3) is 0 Å². The number of esters is 11. The summed E-state index contributed by atoms with van der Waals surface area (Å²) < 4.78 is 58.2. The Morgan fingerprint density at radius 2 is 0.466 bits per heavy atom. The molecular formula is C100H187Cl4N3O26. The summed E-state index contributed by atoms with van der Waals surface area (Å²) in [5.41, 5.74) is 0. The highest BCUT2D eigenvalue weighted by Crippen LogP contribution is 2.25. The third-order valence-electron chi connectivity index (χ3n) is 22.8. The predicted octanol–water partition coefficient (Wildman–Crippen LogP) is 13.0. The number of halogens is 4. The smallest absolute Gasteiger partial charge is 0.362 e. The molecule has 0 aromatic carbocycles. The van der Waals surface area contributed by atoms with Crippen molar-refractivity contribution in [3.05, 3.63) is 0 Å². The molecule has 4 N–H and O–H groups in total. The average Bonchev–Trinajstić information content (AvgIpc) is 0.893. The van der Waals surface area contributed by atoms with Crippen molar-refractivity contribution in [1.82, 2.24) is 4.90 Å². The highest BCUT2D eigenvalue weighted by atomic mass is 35.5. The van der Waals surface area contributed by atoms with Crippen LogP contribution < -0.4 is 24.8 Å². The number of hydrogen-bond donors (Lipinski definition) is 4. The monoisotopic (exact) mass is 1990 g/mol. The van der Waals surface area contributed by atoms with Crippen LogP contribution in [0.5, 0.6) is 0 Å². The Bertz CT molecular complexity index is 2680. The van der Waals surface area contributed by atoms with Crippen molar-refractivity contribution >= 4 is 88.9 Å². The second-order valence-corrected chi connectivity index (χ2v) is 37.4. The fourth-order valence-corrected chi connectivity index (χ4v) is 14.8. The quantitative estimate of drug-likeness (QED) is 0.0110. The maximum atomic E-state index is 12.9. The first-order valence-electron chi connectivity index (χ1n) is 50.5. The molecule has 0 aliphatic carbocycles. The normalized spacial score (nSPS) is 13.1. The van der Waals surface area contributed by atoms with Gasteiger partial charge in [0.2, 0.25) is 13.6 Å². The summed E-state index contributed by atoms with van der Waals surface area (Å²) in [6.45, 7) is 14.9. The number of alkyl halides is 2. The average molecular weight is 1990 g/mol. The molecular weight excluding hydrogens is 1800 g/mol. The van der Waals surface area contributed by atoms with Gasteiger partial charge < -0.3 is 111 Å². The van der Waals surface area contributed by atoms with E-state index in [2.05, 4.69) is 32.4 Å². The van der Waals surface area contributed by atoms with Crippen LogP contribution in [0.4, 0.5) is 0 Å². The number of aliphatic hydroxyl groups is 4. The number of aliphatic hydroxyl groups excluding tert-OH is 4. The van der Waals surface area contributed by atoms with E-state index in [1.807, 2.05) is 47.2 Å². The molecule has 0 aromatic heterocycles. The van der Waals surface area contributed by atoms with E-state index < -0.39 is 91.4 Å². The van der Waals surface area contributed by atoms with Gasteiger partial charge in [-0.25, -0.2) is 9.59 Å². The second kappa shape index (κ2) is 94.6. The first-order chi connectivity index (χ1) is 62.6. The van der Waals surface area contributed by atoms with Gasteiger partial charge in [-0.05, 0) is 117 Å². The highest BCUT2D eigenvalue weighted by molar-refractivity contribution is 6.26. The minimum Gasteiger partial charge on any atom is -1.00 e. The zero-order valence-corrected chi connectivity index (χ0v) is 87.8. The third kappa shape index (κ3) is 94.4. The van der Waals surface area contributed by atoms with E-state index in [9.17, 15) is 73.2 Å².